The molecule has 0 fully saturated rings. The molecule has 0 aliphatic heterocycles. The van der Waals surface area contributed by atoms with Crippen molar-refractivity contribution in [3.8, 4) is 5.75 Å². The van der Waals surface area contributed by atoms with Crippen molar-refractivity contribution < 1.29 is 18.7 Å². The molecule has 148 valence electrons. The van der Waals surface area contributed by atoms with Crippen LogP contribution in [0.1, 0.15) is 48.4 Å². The number of nitrogens with zero attached hydrogens (tertiary/aromatic N) is 2. The number of nitrogens with one attached hydrogen (secondary N) is 1. The molecule has 0 aliphatic carbocycles. The number of benzene rings is 1. The lowest BCUT2D eigenvalue weighted by Gasteiger charge is -2.11. The van der Waals surface area contributed by atoms with Gasteiger partial charge in [0.25, 0.3) is 5.91 Å². The van der Waals surface area contributed by atoms with Gasteiger partial charge in [-0.15, -0.1) is 0 Å². The number of aromatic nitrogens is 2. The van der Waals surface area contributed by atoms with E-state index in [1.807, 2.05) is 13.8 Å². The van der Waals surface area contributed by atoms with E-state index in [4.69, 9.17) is 9.47 Å². The third kappa shape index (κ3) is 6.06. The molecule has 2 rings (SSSR count). The van der Waals surface area contributed by atoms with Gasteiger partial charge in [0.15, 0.2) is 11.6 Å². The monoisotopic (exact) mass is 377 g/mol. The van der Waals surface area contributed by atoms with Gasteiger partial charge < -0.3 is 14.8 Å². The van der Waals surface area contributed by atoms with E-state index in [0.29, 0.717) is 31.1 Å². The standard InChI is InChI=1S/C20H28FN3O3/c1-4-16-13-17(24(3)23-16)20(25)22-14-15-9-8-10-18(19(15)21)27-12-7-6-11-26-5-2/h8-10,13H,4-7,11-12,14H2,1-3H3,(H,22,25). The summed E-state index contributed by atoms with van der Waals surface area (Å²) in [5.41, 5.74) is 1.68. The first-order chi connectivity index (χ1) is 13.1. The average Bonchev–Trinajstić information content (AvgIpc) is 3.05. The molecule has 0 spiro atoms. The van der Waals surface area contributed by atoms with E-state index in [1.165, 1.54) is 4.68 Å². The van der Waals surface area contributed by atoms with E-state index < -0.39 is 5.82 Å². The molecule has 0 radical (unpaired) electrons. The van der Waals surface area contributed by atoms with Crippen LogP contribution in [0.15, 0.2) is 24.3 Å². The maximum Gasteiger partial charge on any atom is 0.269 e. The molecule has 1 aromatic carbocycles. The largest absolute Gasteiger partial charge is 0.491 e. The lowest BCUT2D eigenvalue weighted by molar-refractivity contribution is 0.0941. The van der Waals surface area contributed by atoms with Gasteiger partial charge in [0.05, 0.1) is 12.3 Å². The second kappa shape index (κ2) is 10.7. The number of hydrogen-bond acceptors (Lipinski definition) is 4. The molecular weight excluding hydrogens is 349 g/mol. The van der Waals surface area contributed by atoms with Gasteiger partial charge in [-0.25, -0.2) is 4.39 Å². The zero-order valence-corrected chi connectivity index (χ0v) is 16.3. The maximum absolute atomic E-state index is 14.6. The lowest BCUT2D eigenvalue weighted by Crippen LogP contribution is -2.25. The van der Waals surface area contributed by atoms with Gasteiger partial charge in [0.2, 0.25) is 0 Å². The summed E-state index contributed by atoms with van der Waals surface area (Å²) in [6.45, 7) is 5.81. The van der Waals surface area contributed by atoms with Gasteiger partial charge in [0, 0.05) is 32.4 Å². The summed E-state index contributed by atoms with van der Waals surface area (Å²) in [6, 6.07) is 6.70. The number of unbranched alkanes of at least 4 members (excludes halogenated alkanes) is 1. The molecule has 0 unspecified atom stereocenters. The molecule has 0 saturated heterocycles. The van der Waals surface area contributed by atoms with Gasteiger partial charge in [-0.2, -0.15) is 5.10 Å². The number of rotatable bonds is 11. The van der Waals surface area contributed by atoms with Crippen LogP contribution in [0.25, 0.3) is 0 Å². The van der Waals surface area contributed by atoms with Crippen LogP contribution in [0.3, 0.4) is 0 Å². The van der Waals surface area contributed by atoms with Gasteiger partial charge in [-0.3, -0.25) is 9.48 Å². The summed E-state index contributed by atoms with van der Waals surface area (Å²) in [7, 11) is 1.72. The Morgan fingerprint density at radius 3 is 2.74 bits per heavy atom. The molecule has 1 aromatic heterocycles. The molecule has 2 aromatic rings. The van der Waals surface area contributed by atoms with E-state index in [1.54, 1.807) is 31.3 Å². The number of carbonyl (C=O) groups excluding carboxylic acids is 1. The smallest absolute Gasteiger partial charge is 0.269 e. The van der Waals surface area contributed by atoms with Gasteiger partial charge in [0.1, 0.15) is 5.69 Å². The zero-order chi connectivity index (χ0) is 19.6. The minimum atomic E-state index is -0.443. The van der Waals surface area contributed by atoms with Gasteiger partial charge in [-0.1, -0.05) is 19.1 Å². The first-order valence-electron chi connectivity index (χ1n) is 9.35. The van der Waals surface area contributed by atoms with Crippen molar-refractivity contribution in [1.82, 2.24) is 15.1 Å². The van der Waals surface area contributed by atoms with Crippen molar-refractivity contribution in [1.29, 1.82) is 0 Å². The summed E-state index contributed by atoms with van der Waals surface area (Å²) in [5, 5.41) is 6.99. The van der Waals surface area contributed by atoms with Crippen LogP contribution < -0.4 is 10.1 Å². The highest BCUT2D eigenvalue weighted by Crippen LogP contribution is 2.21. The predicted octanol–water partition coefficient (Wildman–Crippen LogP) is 3.25. The Bertz CT molecular complexity index is 746. The number of carbonyl (C=O) groups is 1. The fraction of sp³-hybridized carbons (Fsp3) is 0.500. The molecule has 0 saturated carbocycles. The Balaban J connectivity index is 1.89. The number of ether oxygens (including phenoxy) is 2. The molecule has 1 amide bonds. The van der Waals surface area contributed by atoms with Crippen LogP contribution in [0.5, 0.6) is 5.75 Å². The predicted molar refractivity (Wildman–Crippen MR) is 101 cm³/mol. The molecule has 0 atom stereocenters. The number of aryl methyl sites for hydroxylation is 2. The van der Waals surface area contributed by atoms with Crippen LogP contribution in [0.2, 0.25) is 0 Å². The van der Waals surface area contributed by atoms with Crippen LogP contribution in [-0.4, -0.2) is 35.5 Å². The topological polar surface area (TPSA) is 65.4 Å². The molecule has 7 heteroatoms. The minimum Gasteiger partial charge on any atom is -0.491 e. The molecule has 0 aliphatic rings. The van der Waals surface area contributed by atoms with Crippen molar-refractivity contribution in [2.45, 2.75) is 39.7 Å². The molecule has 0 bridgehead atoms. The van der Waals surface area contributed by atoms with E-state index >= 15 is 0 Å². The van der Waals surface area contributed by atoms with Gasteiger partial charge >= 0.3 is 0 Å². The van der Waals surface area contributed by atoms with E-state index in [2.05, 4.69) is 10.4 Å². The highest BCUT2D eigenvalue weighted by atomic mass is 19.1. The maximum atomic E-state index is 14.6. The third-order valence-electron chi connectivity index (χ3n) is 4.15. The first kappa shape index (κ1) is 20.9. The van der Waals surface area contributed by atoms with Crippen molar-refractivity contribution in [3.63, 3.8) is 0 Å². The summed E-state index contributed by atoms with van der Waals surface area (Å²) in [4.78, 5) is 12.3. The second-order valence-corrected chi connectivity index (χ2v) is 6.16. The highest BCUT2D eigenvalue weighted by Gasteiger charge is 2.14. The van der Waals surface area contributed by atoms with Crippen LogP contribution in [-0.2, 0) is 24.8 Å². The fourth-order valence-electron chi connectivity index (χ4n) is 2.61. The lowest BCUT2D eigenvalue weighted by atomic mass is 10.2. The Morgan fingerprint density at radius 2 is 2.04 bits per heavy atom. The molecule has 27 heavy (non-hydrogen) atoms. The second-order valence-electron chi connectivity index (χ2n) is 6.16. The summed E-state index contributed by atoms with van der Waals surface area (Å²) in [5.74, 6) is -0.528. The van der Waals surface area contributed by atoms with Crippen LogP contribution in [0, 0.1) is 5.82 Å². The Kier molecular flexibility index (Phi) is 8.26. The quantitative estimate of drug-likeness (QED) is 0.611. The Morgan fingerprint density at radius 1 is 1.26 bits per heavy atom. The average molecular weight is 377 g/mol. The zero-order valence-electron chi connectivity index (χ0n) is 16.3. The summed E-state index contributed by atoms with van der Waals surface area (Å²) < 4.78 is 26.9. The summed E-state index contributed by atoms with van der Waals surface area (Å²) >= 11 is 0. The molecule has 1 N–H and O–H groups in total. The van der Waals surface area contributed by atoms with Crippen molar-refractivity contribution in [3.05, 3.63) is 47.0 Å². The third-order valence-corrected chi connectivity index (χ3v) is 4.15. The Hall–Kier alpha value is -2.41. The number of hydrogen-bond donors (Lipinski definition) is 1. The van der Waals surface area contributed by atoms with Crippen molar-refractivity contribution in [2.24, 2.45) is 7.05 Å². The first-order valence-corrected chi connectivity index (χ1v) is 9.35. The fourth-order valence-corrected chi connectivity index (χ4v) is 2.61. The Labute approximate surface area is 159 Å². The van der Waals surface area contributed by atoms with Gasteiger partial charge in [-0.05, 0) is 38.3 Å². The van der Waals surface area contributed by atoms with E-state index in [0.717, 1.165) is 25.0 Å². The normalized spacial score (nSPS) is 10.8. The van der Waals surface area contributed by atoms with E-state index in [9.17, 15) is 9.18 Å². The minimum absolute atomic E-state index is 0.0822. The van der Waals surface area contributed by atoms with E-state index in [-0.39, 0.29) is 18.2 Å². The van der Waals surface area contributed by atoms with Crippen molar-refractivity contribution >= 4 is 5.91 Å². The number of amides is 1. The SMILES string of the molecule is CCOCCCCOc1cccc(CNC(=O)c2cc(CC)nn2C)c1F. The van der Waals surface area contributed by atoms with Crippen molar-refractivity contribution in [2.75, 3.05) is 19.8 Å². The molecule has 6 nitrogen and oxygen atoms in total. The van der Waals surface area contributed by atoms with Crippen LogP contribution in [0.4, 0.5) is 4.39 Å². The molecular formula is C20H28FN3O3. The highest BCUT2D eigenvalue weighted by molar-refractivity contribution is 5.92. The van der Waals surface area contributed by atoms with Crippen LogP contribution >= 0.6 is 0 Å². The number of halogens is 1. The summed E-state index contributed by atoms with van der Waals surface area (Å²) in [6.07, 6.45) is 2.41. The molecule has 1 heterocycles.